The average Bonchev–Trinajstić information content (AvgIpc) is 2.15. The third kappa shape index (κ3) is 0.812. The molecule has 2 nitrogen and oxygen atoms in total. The van der Waals surface area contributed by atoms with Gasteiger partial charge in [0.15, 0.2) is 0 Å². The molecule has 0 aromatic carbocycles. The second-order valence-corrected chi connectivity index (χ2v) is 1.92. The van der Waals surface area contributed by atoms with E-state index in [2.05, 4.69) is 5.92 Å². The van der Waals surface area contributed by atoms with Gasteiger partial charge in [-0.05, 0) is 6.08 Å². The standard InChI is InChI=1S/C7H7NO/c1-3-6-4-5-7(9)8(6)2/h1,4-6H,2H3. The molecule has 1 atom stereocenters. The maximum absolute atomic E-state index is 10.7. The number of likely N-dealkylation sites (N-methyl/N-ethyl adjacent to an activating group) is 1. The van der Waals surface area contributed by atoms with Gasteiger partial charge in [0.05, 0.1) is 0 Å². The molecule has 0 radical (unpaired) electrons. The van der Waals surface area contributed by atoms with Crippen LogP contribution in [-0.4, -0.2) is 23.9 Å². The Morgan fingerprint density at radius 2 is 2.56 bits per heavy atom. The van der Waals surface area contributed by atoms with Gasteiger partial charge in [0.25, 0.3) is 0 Å². The minimum atomic E-state index is -0.127. The number of nitrogens with zero attached hydrogens (tertiary/aromatic N) is 1. The van der Waals surface area contributed by atoms with Gasteiger partial charge in [-0.3, -0.25) is 4.79 Å². The Bertz CT molecular complexity index is 199. The first kappa shape index (κ1) is 5.90. The number of hydrogen-bond donors (Lipinski definition) is 0. The molecule has 1 aliphatic heterocycles. The van der Waals surface area contributed by atoms with Gasteiger partial charge in [-0.1, -0.05) is 5.92 Å². The Morgan fingerprint density at radius 1 is 1.89 bits per heavy atom. The van der Waals surface area contributed by atoms with Gasteiger partial charge in [0.1, 0.15) is 6.04 Å². The summed E-state index contributed by atoms with van der Waals surface area (Å²) in [6, 6.07) is -0.127. The largest absolute Gasteiger partial charge is 0.325 e. The smallest absolute Gasteiger partial charge is 0.247 e. The second-order valence-electron chi connectivity index (χ2n) is 1.92. The van der Waals surface area contributed by atoms with Gasteiger partial charge in [0.2, 0.25) is 5.91 Å². The number of amides is 1. The Morgan fingerprint density at radius 3 is 2.78 bits per heavy atom. The summed E-state index contributed by atoms with van der Waals surface area (Å²) in [6.07, 6.45) is 8.29. The molecule has 46 valence electrons. The lowest BCUT2D eigenvalue weighted by Gasteiger charge is -2.12. The van der Waals surface area contributed by atoms with Crippen molar-refractivity contribution in [3.63, 3.8) is 0 Å². The first-order valence-corrected chi connectivity index (χ1v) is 2.67. The van der Waals surface area contributed by atoms with Crippen molar-refractivity contribution in [2.45, 2.75) is 6.04 Å². The second kappa shape index (κ2) is 1.94. The zero-order chi connectivity index (χ0) is 6.85. The zero-order valence-corrected chi connectivity index (χ0v) is 5.16. The minimum Gasteiger partial charge on any atom is -0.325 e. The van der Waals surface area contributed by atoms with Crippen LogP contribution in [0.3, 0.4) is 0 Å². The van der Waals surface area contributed by atoms with Crippen LogP contribution < -0.4 is 0 Å². The van der Waals surface area contributed by atoms with Crippen LogP contribution in [0.1, 0.15) is 0 Å². The lowest BCUT2D eigenvalue weighted by molar-refractivity contribution is -0.124. The van der Waals surface area contributed by atoms with Crippen molar-refractivity contribution < 1.29 is 4.79 Å². The van der Waals surface area contributed by atoms with Crippen molar-refractivity contribution in [3.8, 4) is 12.3 Å². The van der Waals surface area contributed by atoms with E-state index < -0.39 is 0 Å². The Kier molecular flexibility index (Phi) is 1.27. The summed E-state index contributed by atoms with van der Waals surface area (Å²) in [5, 5.41) is 0. The molecule has 0 spiro atoms. The Labute approximate surface area is 54.2 Å². The monoisotopic (exact) mass is 121 g/mol. The van der Waals surface area contributed by atoms with Crippen molar-refractivity contribution in [3.05, 3.63) is 12.2 Å². The lowest BCUT2D eigenvalue weighted by atomic mass is 10.3. The van der Waals surface area contributed by atoms with Crippen molar-refractivity contribution in [1.29, 1.82) is 0 Å². The molecule has 0 aliphatic carbocycles. The molecule has 0 saturated heterocycles. The van der Waals surface area contributed by atoms with E-state index in [9.17, 15) is 4.79 Å². The van der Waals surface area contributed by atoms with Crippen LogP contribution in [0.15, 0.2) is 12.2 Å². The zero-order valence-electron chi connectivity index (χ0n) is 5.16. The molecule has 9 heavy (non-hydrogen) atoms. The Balaban J connectivity index is 2.76. The molecule has 0 saturated carbocycles. The molecular weight excluding hydrogens is 114 g/mol. The highest BCUT2D eigenvalue weighted by molar-refractivity contribution is 5.90. The topological polar surface area (TPSA) is 20.3 Å². The fourth-order valence-corrected chi connectivity index (χ4v) is 0.725. The van der Waals surface area contributed by atoms with Gasteiger partial charge < -0.3 is 4.90 Å². The predicted octanol–water partition coefficient (Wildman–Crippen LogP) is 0.0164. The van der Waals surface area contributed by atoms with E-state index in [1.807, 2.05) is 0 Å². The number of carbonyl (C=O) groups excluding carboxylic acids is 1. The average molecular weight is 121 g/mol. The molecule has 0 N–H and O–H groups in total. The normalized spacial score (nSPS) is 24.7. The third-order valence-corrected chi connectivity index (χ3v) is 1.36. The molecule has 2 heteroatoms. The molecule has 0 aromatic rings. The van der Waals surface area contributed by atoms with Crippen LogP contribution in [0.2, 0.25) is 0 Å². The summed E-state index contributed by atoms with van der Waals surface area (Å²) < 4.78 is 0. The van der Waals surface area contributed by atoms with E-state index in [1.165, 1.54) is 11.0 Å². The highest BCUT2D eigenvalue weighted by Crippen LogP contribution is 2.05. The fourth-order valence-electron chi connectivity index (χ4n) is 0.725. The molecule has 0 aromatic heterocycles. The summed E-state index contributed by atoms with van der Waals surface area (Å²) in [5.41, 5.74) is 0. The first-order valence-electron chi connectivity index (χ1n) is 2.67. The van der Waals surface area contributed by atoms with Crippen molar-refractivity contribution >= 4 is 5.91 Å². The van der Waals surface area contributed by atoms with Gasteiger partial charge >= 0.3 is 0 Å². The van der Waals surface area contributed by atoms with Crippen molar-refractivity contribution in [1.82, 2.24) is 4.90 Å². The van der Waals surface area contributed by atoms with Gasteiger partial charge in [-0.15, -0.1) is 6.42 Å². The van der Waals surface area contributed by atoms with Crippen LogP contribution in [0.5, 0.6) is 0 Å². The molecule has 1 amide bonds. The third-order valence-electron chi connectivity index (χ3n) is 1.36. The van der Waals surface area contributed by atoms with Crippen molar-refractivity contribution in [2.24, 2.45) is 0 Å². The van der Waals surface area contributed by atoms with E-state index in [1.54, 1.807) is 13.1 Å². The van der Waals surface area contributed by atoms with E-state index in [0.29, 0.717) is 0 Å². The lowest BCUT2D eigenvalue weighted by Crippen LogP contribution is -2.27. The highest BCUT2D eigenvalue weighted by atomic mass is 16.2. The van der Waals surface area contributed by atoms with Gasteiger partial charge in [-0.25, -0.2) is 0 Å². The van der Waals surface area contributed by atoms with Crippen LogP contribution in [0.25, 0.3) is 0 Å². The maximum Gasteiger partial charge on any atom is 0.247 e. The Hall–Kier alpha value is -1.23. The van der Waals surface area contributed by atoms with E-state index in [-0.39, 0.29) is 11.9 Å². The fraction of sp³-hybridized carbons (Fsp3) is 0.286. The summed E-state index contributed by atoms with van der Waals surface area (Å²) in [4.78, 5) is 12.2. The predicted molar refractivity (Wildman–Crippen MR) is 34.5 cm³/mol. The molecule has 1 heterocycles. The molecule has 1 rings (SSSR count). The van der Waals surface area contributed by atoms with Gasteiger partial charge in [-0.2, -0.15) is 0 Å². The summed E-state index contributed by atoms with van der Waals surface area (Å²) >= 11 is 0. The molecular formula is C7H7NO. The van der Waals surface area contributed by atoms with E-state index >= 15 is 0 Å². The quantitative estimate of drug-likeness (QED) is 0.414. The molecule has 0 bridgehead atoms. The summed E-state index contributed by atoms with van der Waals surface area (Å²) in [5.74, 6) is 2.45. The minimum absolute atomic E-state index is 0.0158. The molecule has 1 aliphatic rings. The number of carbonyl (C=O) groups is 1. The molecule has 1 unspecified atom stereocenters. The van der Waals surface area contributed by atoms with Crippen LogP contribution >= 0.6 is 0 Å². The van der Waals surface area contributed by atoms with E-state index in [4.69, 9.17) is 6.42 Å². The SMILES string of the molecule is C#CC1C=CC(=O)N1C. The number of hydrogen-bond acceptors (Lipinski definition) is 1. The maximum atomic E-state index is 10.7. The number of terminal acetylenes is 1. The summed E-state index contributed by atoms with van der Waals surface area (Å²) in [6.45, 7) is 0. The molecule has 0 fully saturated rings. The van der Waals surface area contributed by atoms with Crippen molar-refractivity contribution in [2.75, 3.05) is 7.05 Å². The summed E-state index contributed by atoms with van der Waals surface area (Å²) in [7, 11) is 1.69. The first-order chi connectivity index (χ1) is 4.25. The van der Waals surface area contributed by atoms with Crippen LogP contribution in [0.4, 0.5) is 0 Å². The van der Waals surface area contributed by atoms with Gasteiger partial charge in [0, 0.05) is 13.1 Å². The van der Waals surface area contributed by atoms with E-state index in [0.717, 1.165) is 0 Å². The number of rotatable bonds is 0. The highest BCUT2D eigenvalue weighted by Gasteiger charge is 2.18. The van der Waals surface area contributed by atoms with Crippen LogP contribution in [0, 0.1) is 12.3 Å². The van der Waals surface area contributed by atoms with Crippen LogP contribution in [-0.2, 0) is 4.79 Å².